The van der Waals surface area contributed by atoms with Crippen molar-refractivity contribution in [3.05, 3.63) is 53.2 Å². The number of carbonyl (C=O) groups excluding carboxylic acids is 1. The van der Waals surface area contributed by atoms with Crippen LogP contribution in [0.1, 0.15) is 26.3 Å². The van der Waals surface area contributed by atoms with Crippen molar-refractivity contribution in [2.75, 3.05) is 5.73 Å². The van der Waals surface area contributed by atoms with Crippen LogP contribution in [0.4, 0.5) is 5.82 Å². The van der Waals surface area contributed by atoms with Crippen LogP contribution in [0.5, 0.6) is 5.75 Å². The number of hydrogen-bond donors (Lipinski definition) is 7. The number of aromatic carboxylic acids is 1. The van der Waals surface area contributed by atoms with E-state index in [0.717, 1.165) is 0 Å². The number of pyridine rings is 1. The normalized spacial score (nSPS) is 10.8. The lowest BCUT2D eigenvalue weighted by atomic mass is 9.75. The molecule has 1 aromatic heterocycles. The lowest BCUT2D eigenvalue weighted by molar-refractivity contribution is -0.122. The average molecular weight is 391 g/mol. The number of carboxylic acids is 1. The highest BCUT2D eigenvalue weighted by Crippen LogP contribution is 2.24. The van der Waals surface area contributed by atoms with Gasteiger partial charge in [0.05, 0.1) is 11.5 Å². The van der Waals surface area contributed by atoms with Gasteiger partial charge in [-0.05, 0) is 30.2 Å². The first-order valence-corrected chi connectivity index (χ1v) is 7.71. The van der Waals surface area contributed by atoms with Crippen molar-refractivity contribution in [1.82, 2.24) is 10.3 Å². The van der Waals surface area contributed by atoms with Crippen molar-refractivity contribution in [2.45, 2.75) is 12.4 Å². The number of nitrogens with one attached hydrogen (secondary N) is 1. The number of hydrogen-bond acceptors (Lipinski definition) is 8. The minimum absolute atomic E-state index is 0.147. The molecule has 0 aliphatic rings. The number of phenols is 1. The zero-order chi connectivity index (χ0) is 21.3. The summed E-state index contributed by atoms with van der Waals surface area (Å²) in [7, 11) is -1.93. The van der Waals surface area contributed by atoms with Gasteiger partial charge in [-0.2, -0.15) is 0 Å². The summed E-state index contributed by atoms with van der Waals surface area (Å²) in [6.45, 7) is -0.250. The molecule has 0 saturated carbocycles. The number of carboxylic acid groups (broad SMARTS) is 2. The van der Waals surface area contributed by atoms with Crippen molar-refractivity contribution in [1.29, 1.82) is 0 Å². The third kappa shape index (κ3) is 6.27. The zero-order valence-electron chi connectivity index (χ0n) is 14.4. The van der Waals surface area contributed by atoms with Gasteiger partial charge in [0.1, 0.15) is 17.1 Å². The van der Waals surface area contributed by atoms with Gasteiger partial charge in [0.25, 0.3) is 12.4 Å². The molecule has 2 aromatic rings. The first kappa shape index (κ1) is 22.4. The average Bonchev–Trinajstić information content (AvgIpc) is 2.63. The van der Waals surface area contributed by atoms with E-state index in [1.807, 2.05) is 0 Å². The molecule has 0 spiro atoms. The quantitative estimate of drug-likeness (QED) is 0.239. The number of anilines is 1. The Bertz CT molecular complexity index is 829. The number of benzene rings is 1. The molecule has 1 heterocycles. The third-order valence-corrected chi connectivity index (χ3v) is 3.51. The molecule has 28 heavy (non-hydrogen) atoms. The topological polar surface area (TPSA) is 203 Å². The second kappa shape index (κ2) is 10.5. The van der Waals surface area contributed by atoms with Gasteiger partial charge in [-0.25, -0.2) is 9.78 Å². The van der Waals surface area contributed by atoms with E-state index >= 15 is 0 Å². The molecule has 0 aliphatic carbocycles. The molecule has 11 nitrogen and oxygen atoms in total. The summed E-state index contributed by atoms with van der Waals surface area (Å²) in [6, 6.07) is 6.88. The van der Waals surface area contributed by atoms with Crippen LogP contribution in [-0.4, -0.2) is 61.8 Å². The van der Waals surface area contributed by atoms with Gasteiger partial charge in [0.15, 0.2) is 0 Å². The summed E-state index contributed by atoms with van der Waals surface area (Å²) in [5.74, 6) is -3.40. The molecular formula is C16H18BN3O8. The van der Waals surface area contributed by atoms with Gasteiger partial charge in [0, 0.05) is 6.20 Å². The maximum Gasteiger partial charge on any atom is 0.475 e. The Hall–Kier alpha value is -3.64. The van der Waals surface area contributed by atoms with Crippen LogP contribution in [0.2, 0.25) is 0 Å². The van der Waals surface area contributed by atoms with E-state index in [9.17, 15) is 24.7 Å². The van der Waals surface area contributed by atoms with E-state index in [1.54, 1.807) is 0 Å². The first-order chi connectivity index (χ1) is 13.2. The summed E-state index contributed by atoms with van der Waals surface area (Å²) in [6.07, 6.45) is 1.03. The van der Waals surface area contributed by atoms with Gasteiger partial charge >= 0.3 is 13.1 Å². The lowest BCUT2D eigenvalue weighted by Gasteiger charge is -2.19. The van der Waals surface area contributed by atoms with Crippen LogP contribution >= 0.6 is 0 Å². The molecular weight excluding hydrogens is 373 g/mol. The van der Waals surface area contributed by atoms with E-state index in [0.29, 0.717) is 0 Å². The van der Waals surface area contributed by atoms with Gasteiger partial charge in [0.2, 0.25) is 0 Å². The Kier molecular flexibility index (Phi) is 8.40. The highest BCUT2D eigenvalue weighted by Gasteiger charge is 2.28. The van der Waals surface area contributed by atoms with Crippen molar-refractivity contribution < 1.29 is 39.8 Å². The minimum atomic E-state index is -1.93. The standard InChI is InChI=1S/C15H16BN3O6.CH2O2/c17-12-5-4-9(7-18-12)14(21)19-11(16(24)25)6-8-2-1-3-10(13(8)20)15(22)23;2-1-3/h1-5,7,11,20,24-25H,6H2,(H2,17,18)(H,19,21)(H,22,23);1H,(H,2,3). The maximum atomic E-state index is 12.2. The molecule has 0 radical (unpaired) electrons. The maximum absolute atomic E-state index is 12.2. The number of nitrogens with zero attached hydrogens (tertiary/aromatic N) is 1. The minimum Gasteiger partial charge on any atom is -0.507 e. The second-order valence-electron chi connectivity index (χ2n) is 5.39. The van der Waals surface area contributed by atoms with Gasteiger partial charge in [-0.15, -0.1) is 0 Å². The van der Waals surface area contributed by atoms with Crippen LogP contribution in [-0.2, 0) is 11.2 Å². The van der Waals surface area contributed by atoms with E-state index in [2.05, 4.69) is 10.3 Å². The van der Waals surface area contributed by atoms with E-state index in [1.165, 1.54) is 36.5 Å². The Morgan fingerprint density at radius 1 is 1.25 bits per heavy atom. The van der Waals surface area contributed by atoms with Gasteiger partial charge in [-0.1, -0.05) is 12.1 Å². The molecule has 0 saturated heterocycles. The fourth-order valence-corrected chi connectivity index (χ4v) is 2.19. The van der Waals surface area contributed by atoms with Crippen LogP contribution in [0, 0.1) is 0 Å². The second-order valence-corrected chi connectivity index (χ2v) is 5.39. The summed E-state index contributed by atoms with van der Waals surface area (Å²) >= 11 is 0. The van der Waals surface area contributed by atoms with E-state index < -0.39 is 30.7 Å². The number of amides is 1. The number of nitrogens with two attached hydrogens (primary N) is 1. The van der Waals surface area contributed by atoms with Gasteiger partial charge in [-0.3, -0.25) is 9.59 Å². The Morgan fingerprint density at radius 3 is 2.39 bits per heavy atom. The zero-order valence-corrected chi connectivity index (χ0v) is 14.4. The van der Waals surface area contributed by atoms with Gasteiger partial charge < -0.3 is 36.4 Å². The molecule has 1 amide bonds. The molecule has 1 atom stereocenters. The fraction of sp³-hybridized carbons (Fsp3) is 0.125. The monoisotopic (exact) mass is 391 g/mol. The number of nitrogen functional groups attached to an aromatic ring is 1. The van der Waals surface area contributed by atoms with Crippen molar-refractivity contribution in [3.8, 4) is 5.75 Å². The summed E-state index contributed by atoms with van der Waals surface area (Å²) in [5, 5.41) is 47.3. The number of para-hydroxylation sites is 1. The largest absolute Gasteiger partial charge is 0.507 e. The van der Waals surface area contributed by atoms with Crippen LogP contribution in [0.15, 0.2) is 36.5 Å². The van der Waals surface area contributed by atoms with E-state index in [4.69, 9.17) is 20.7 Å². The highest BCUT2D eigenvalue weighted by molar-refractivity contribution is 6.43. The summed E-state index contributed by atoms with van der Waals surface area (Å²) in [4.78, 5) is 35.3. The smallest absolute Gasteiger partial charge is 0.475 e. The lowest BCUT2D eigenvalue weighted by Crippen LogP contribution is -2.48. The summed E-state index contributed by atoms with van der Waals surface area (Å²) in [5.41, 5.74) is 5.42. The molecule has 0 bridgehead atoms. The molecule has 12 heteroatoms. The molecule has 0 fully saturated rings. The van der Waals surface area contributed by atoms with Crippen molar-refractivity contribution >= 4 is 31.3 Å². The Balaban J connectivity index is 0.00000122. The molecule has 2 rings (SSSR count). The third-order valence-electron chi connectivity index (χ3n) is 3.51. The van der Waals surface area contributed by atoms with Crippen LogP contribution in [0.25, 0.3) is 0 Å². The molecule has 148 valence electrons. The first-order valence-electron chi connectivity index (χ1n) is 7.71. The number of aromatic hydroxyl groups is 1. The Morgan fingerprint density at radius 2 is 1.89 bits per heavy atom. The predicted molar refractivity (Wildman–Crippen MR) is 97.6 cm³/mol. The highest BCUT2D eigenvalue weighted by atomic mass is 16.4. The number of carbonyl (C=O) groups is 3. The van der Waals surface area contributed by atoms with E-state index in [-0.39, 0.29) is 35.4 Å². The SMILES string of the molecule is Nc1ccc(C(=O)NC(Cc2cccc(C(=O)O)c2O)B(O)O)cn1.O=CO. The van der Waals surface area contributed by atoms with Crippen LogP contribution < -0.4 is 11.1 Å². The van der Waals surface area contributed by atoms with Crippen molar-refractivity contribution in [2.24, 2.45) is 0 Å². The van der Waals surface area contributed by atoms with Crippen molar-refractivity contribution in [3.63, 3.8) is 0 Å². The molecule has 1 aromatic carbocycles. The molecule has 8 N–H and O–H groups in total. The number of aromatic nitrogens is 1. The molecule has 1 unspecified atom stereocenters. The molecule has 0 aliphatic heterocycles. The van der Waals surface area contributed by atoms with Crippen LogP contribution in [0.3, 0.4) is 0 Å². The summed E-state index contributed by atoms with van der Waals surface area (Å²) < 4.78 is 0. The fourth-order valence-electron chi connectivity index (χ4n) is 2.19. The Labute approximate surface area is 159 Å². The number of rotatable bonds is 6. The predicted octanol–water partition coefficient (Wildman–Crippen LogP) is -0.879.